The molecule has 314 valence electrons. The highest BCUT2D eigenvalue weighted by Crippen LogP contribution is 2.52. The Bertz CT molecular complexity index is 1400. The fourth-order valence-electron chi connectivity index (χ4n) is 9.61. The number of hydrogen-bond donors (Lipinski definition) is 10. The van der Waals surface area contributed by atoms with Gasteiger partial charge in [0.1, 0.15) is 53.9 Å². The van der Waals surface area contributed by atoms with Gasteiger partial charge in [-0.15, -0.1) is 0 Å². The number of aliphatic hydroxyl groups is 10. The second-order valence-corrected chi connectivity index (χ2v) is 16.0. The summed E-state index contributed by atoms with van der Waals surface area (Å²) in [5.41, 5.74) is -2.61. The zero-order valence-corrected chi connectivity index (χ0v) is 30.8. The molecule has 55 heavy (non-hydrogen) atoms. The van der Waals surface area contributed by atoms with Crippen molar-refractivity contribution in [2.75, 3.05) is 13.2 Å². The first-order valence-electron chi connectivity index (χ1n) is 18.5. The van der Waals surface area contributed by atoms with E-state index >= 15 is 0 Å². The molecule has 0 bridgehead atoms. The molecule has 2 saturated heterocycles. The van der Waals surface area contributed by atoms with Crippen molar-refractivity contribution in [1.82, 2.24) is 0 Å². The maximum absolute atomic E-state index is 12.2. The van der Waals surface area contributed by atoms with Gasteiger partial charge in [-0.2, -0.15) is 0 Å². The second kappa shape index (κ2) is 16.3. The molecule has 3 aliphatic carbocycles. The summed E-state index contributed by atoms with van der Waals surface area (Å²) in [6.07, 6.45) is -20.2. The van der Waals surface area contributed by atoms with Gasteiger partial charge in [-0.25, -0.2) is 0 Å². The van der Waals surface area contributed by atoms with Gasteiger partial charge in [-0.1, -0.05) is 0 Å². The third-order valence-corrected chi connectivity index (χ3v) is 12.2. The van der Waals surface area contributed by atoms with Crippen molar-refractivity contribution in [2.45, 2.75) is 150 Å². The number of carbonyl (C=O) groups is 2. The highest BCUT2D eigenvalue weighted by molar-refractivity contribution is 5.67. The zero-order chi connectivity index (χ0) is 40.3. The first-order chi connectivity index (χ1) is 25.8. The zero-order valence-electron chi connectivity index (χ0n) is 30.8. The number of fused-ring (bicyclic) bond motifs is 2. The van der Waals surface area contributed by atoms with Crippen LogP contribution in [0.15, 0.2) is 12.3 Å². The number of ether oxygens (including phenoxy) is 8. The van der Waals surface area contributed by atoms with Crippen molar-refractivity contribution in [3.05, 3.63) is 12.3 Å². The van der Waals surface area contributed by atoms with Gasteiger partial charge in [-0.05, 0) is 19.9 Å². The molecule has 0 amide bonds. The average molecular weight is 795 g/mol. The normalized spacial score (nSPS) is 52.2. The van der Waals surface area contributed by atoms with Crippen LogP contribution in [0.1, 0.15) is 47.0 Å². The van der Waals surface area contributed by atoms with Crippen LogP contribution in [0.25, 0.3) is 0 Å². The van der Waals surface area contributed by atoms with Gasteiger partial charge in [0.15, 0.2) is 18.9 Å². The standard InChI is InChI=1S/C35H54O20/c1-12(37)54-34(3)8-17(39)14-5-6-48-31(21(14)34)53-33-29(47)26(44)24(42)19(50-33)11-49-20-7-15-18(40)9-35(4,55-13(2)38)22(15)32(51-20)52-30-16(10-36)23(41)25(43)27(45)28(30)46/h5-6,14-33,36,39-47H,7-11H2,1-4H3/t14?,15?,16-,17-,18-,19-,20-,21?,22?,23-,24-,25+,26+,27-,28+,29-,30?,31+,32+,33+,34+,35+/m1/s1. The Morgan fingerprint density at radius 2 is 1.31 bits per heavy atom. The summed E-state index contributed by atoms with van der Waals surface area (Å²) in [5.74, 6) is -5.55. The molecule has 0 aromatic rings. The largest absolute Gasteiger partial charge is 0.472 e. The Kier molecular flexibility index (Phi) is 12.6. The summed E-state index contributed by atoms with van der Waals surface area (Å²) in [4.78, 5) is 24.1. The minimum Gasteiger partial charge on any atom is -0.472 e. The van der Waals surface area contributed by atoms with E-state index in [1.165, 1.54) is 20.1 Å². The third-order valence-electron chi connectivity index (χ3n) is 12.2. The van der Waals surface area contributed by atoms with Gasteiger partial charge >= 0.3 is 11.9 Å². The molecule has 10 N–H and O–H groups in total. The van der Waals surface area contributed by atoms with Crippen LogP contribution < -0.4 is 0 Å². The molecule has 3 aliphatic heterocycles. The molecule has 5 fully saturated rings. The number of hydrogen-bond acceptors (Lipinski definition) is 20. The van der Waals surface area contributed by atoms with Crippen molar-refractivity contribution >= 4 is 11.9 Å². The Balaban J connectivity index is 1.19. The molecule has 20 heteroatoms. The molecule has 3 saturated carbocycles. The fourth-order valence-corrected chi connectivity index (χ4v) is 9.61. The van der Waals surface area contributed by atoms with Crippen LogP contribution >= 0.6 is 0 Å². The maximum Gasteiger partial charge on any atom is 0.303 e. The molecule has 0 aromatic heterocycles. The van der Waals surface area contributed by atoms with Crippen molar-refractivity contribution in [3.63, 3.8) is 0 Å². The third kappa shape index (κ3) is 8.02. The lowest BCUT2D eigenvalue weighted by molar-refractivity contribution is -0.365. The van der Waals surface area contributed by atoms with Crippen molar-refractivity contribution in [3.8, 4) is 0 Å². The number of aliphatic hydroxyl groups excluding tert-OH is 10. The minimum atomic E-state index is -1.87. The van der Waals surface area contributed by atoms with E-state index in [0.29, 0.717) is 0 Å². The van der Waals surface area contributed by atoms with E-state index in [0.717, 1.165) is 0 Å². The quantitative estimate of drug-likeness (QED) is 0.0939. The van der Waals surface area contributed by atoms with E-state index in [-0.39, 0.29) is 19.3 Å². The summed E-state index contributed by atoms with van der Waals surface area (Å²) in [7, 11) is 0. The van der Waals surface area contributed by atoms with E-state index in [2.05, 4.69) is 0 Å². The van der Waals surface area contributed by atoms with Crippen LogP contribution in [0.4, 0.5) is 0 Å². The summed E-state index contributed by atoms with van der Waals surface area (Å²) in [5, 5.41) is 107. The first kappa shape index (κ1) is 42.5. The molecule has 6 aliphatic rings. The molecule has 22 atom stereocenters. The highest BCUT2D eigenvalue weighted by atomic mass is 16.8. The SMILES string of the molecule is CC(=O)O[C@@]1(C)C[C@@H](O)C2C=CO[C@@H](O[C@@H]3O[C@H](CO[C@H]4CC5C([C@H](OC6[C@@H](O)[C@H](O)[C@@H](O)[C@H](O)[C@H]6CO)O4)[C@@](C)(OC(C)=O)C[C@H]5O)[C@@H](O)[C@H](O)[C@H]3O)C21. The summed E-state index contributed by atoms with van der Waals surface area (Å²) in [6.45, 7) is 4.29. The predicted molar refractivity (Wildman–Crippen MR) is 176 cm³/mol. The van der Waals surface area contributed by atoms with E-state index < -0.39 is 158 Å². The van der Waals surface area contributed by atoms with E-state index in [4.69, 9.17) is 37.9 Å². The van der Waals surface area contributed by atoms with Crippen LogP contribution in [-0.2, 0) is 47.5 Å². The van der Waals surface area contributed by atoms with Gasteiger partial charge in [0.2, 0.25) is 6.29 Å². The lowest BCUT2D eigenvalue weighted by Crippen LogP contribution is -2.64. The summed E-state index contributed by atoms with van der Waals surface area (Å²) in [6, 6.07) is 0. The number of rotatable bonds is 10. The Morgan fingerprint density at radius 1 is 0.709 bits per heavy atom. The summed E-state index contributed by atoms with van der Waals surface area (Å²) >= 11 is 0. The van der Waals surface area contributed by atoms with Crippen LogP contribution in [0.2, 0.25) is 0 Å². The smallest absolute Gasteiger partial charge is 0.303 e. The Hall–Kier alpha value is -2.12. The van der Waals surface area contributed by atoms with Gasteiger partial charge < -0.3 is 89.0 Å². The lowest BCUT2D eigenvalue weighted by Gasteiger charge is -2.49. The fraction of sp³-hybridized carbons (Fsp3) is 0.886. The lowest BCUT2D eigenvalue weighted by atomic mass is 9.78. The Labute approximate surface area is 316 Å². The number of esters is 2. The van der Waals surface area contributed by atoms with E-state index in [9.17, 15) is 60.7 Å². The second-order valence-electron chi connectivity index (χ2n) is 16.0. The van der Waals surface area contributed by atoms with E-state index in [1.54, 1.807) is 19.9 Å². The first-order valence-corrected chi connectivity index (χ1v) is 18.5. The molecular formula is C35H54O20. The minimum absolute atomic E-state index is 0.0283. The molecule has 0 aromatic carbocycles. The molecule has 0 spiro atoms. The predicted octanol–water partition coefficient (Wildman–Crippen LogP) is -4.14. The molecule has 3 heterocycles. The van der Waals surface area contributed by atoms with Gasteiger partial charge in [-0.3, -0.25) is 9.59 Å². The molecule has 6 rings (SSSR count). The monoisotopic (exact) mass is 794 g/mol. The molecule has 5 unspecified atom stereocenters. The van der Waals surface area contributed by atoms with Crippen molar-refractivity contribution in [1.29, 1.82) is 0 Å². The average Bonchev–Trinajstić information content (AvgIpc) is 3.52. The molecule has 0 radical (unpaired) electrons. The van der Waals surface area contributed by atoms with Crippen LogP contribution in [-0.4, -0.2) is 180 Å². The van der Waals surface area contributed by atoms with Gasteiger partial charge in [0.25, 0.3) is 0 Å². The van der Waals surface area contributed by atoms with Gasteiger partial charge in [0.05, 0.1) is 55.7 Å². The molecular weight excluding hydrogens is 740 g/mol. The van der Waals surface area contributed by atoms with Gasteiger partial charge in [0, 0.05) is 50.9 Å². The Morgan fingerprint density at radius 3 is 1.95 bits per heavy atom. The maximum atomic E-state index is 12.2. The van der Waals surface area contributed by atoms with E-state index in [1.807, 2.05) is 0 Å². The van der Waals surface area contributed by atoms with Crippen molar-refractivity contribution in [2.24, 2.45) is 29.6 Å². The molecule has 20 nitrogen and oxygen atoms in total. The highest BCUT2D eigenvalue weighted by Gasteiger charge is 2.62. The van der Waals surface area contributed by atoms with Crippen LogP contribution in [0, 0.1) is 29.6 Å². The van der Waals surface area contributed by atoms with Crippen molar-refractivity contribution < 1.29 is 98.5 Å². The van der Waals surface area contributed by atoms with Crippen LogP contribution in [0.3, 0.4) is 0 Å². The summed E-state index contributed by atoms with van der Waals surface area (Å²) < 4.78 is 47.1. The number of carbonyl (C=O) groups excluding carboxylic acids is 2. The topological polar surface area (TPSA) is 310 Å². The van der Waals surface area contributed by atoms with Crippen LogP contribution in [0.5, 0.6) is 0 Å².